The van der Waals surface area contributed by atoms with Gasteiger partial charge in [-0.25, -0.2) is 5.43 Å². The van der Waals surface area contributed by atoms with Gasteiger partial charge in [-0.05, 0) is 23.6 Å². The molecule has 0 radical (unpaired) electrons. The lowest BCUT2D eigenvalue weighted by molar-refractivity contribution is -0.124. The molecule has 0 unspecified atom stereocenters. The third kappa shape index (κ3) is 4.54. The maximum absolute atomic E-state index is 12.1. The summed E-state index contributed by atoms with van der Waals surface area (Å²) in [6, 6.07) is 16.9. The monoisotopic (exact) mass is 335 g/mol. The summed E-state index contributed by atoms with van der Waals surface area (Å²) < 4.78 is 5.05. The molecular weight excluding hydrogens is 318 g/mol. The number of carbonyl (C=O) groups is 2. The molecule has 6 heteroatoms. The molecule has 1 heterocycles. The van der Waals surface area contributed by atoms with Crippen LogP contribution in [0.2, 0.25) is 0 Å². The molecule has 2 aromatic carbocycles. The molecule has 0 spiro atoms. The number of anilines is 1. The molecule has 3 aromatic rings. The van der Waals surface area contributed by atoms with Gasteiger partial charge in [0.2, 0.25) is 11.8 Å². The van der Waals surface area contributed by atoms with Gasteiger partial charge in [-0.15, -0.1) is 0 Å². The lowest BCUT2D eigenvalue weighted by Crippen LogP contribution is -2.20. The number of hydrogen-bond acceptors (Lipinski definition) is 4. The molecule has 0 saturated carbocycles. The zero-order valence-electron chi connectivity index (χ0n) is 13.4. The Balaban J connectivity index is 1.50. The van der Waals surface area contributed by atoms with Crippen molar-refractivity contribution in [2.75, 3.05) is 5.32 Å². The summed E-state index contributed by atoms with van der Waals surface area (Å²) in [5.74, 6) is -0.0219. The maximum atomic E-state index is 12.1. The lowest BCUT2D eigenvalue weighted by Gasteiger charge is -2.08. The lowest BCUT2D eigenvalue weighted by atomic mass is 10.1. The van der Waals surface area contributed by atoms with Crippen LogP contribution in [-0.4, -0.2) is 18.0 Å². The molecule has 126 valence electrons. The van der Waals surface area contributed by atoms with Crippen LogP contribution in [0.1, 0.15) is 18.6 Å². The van der Waals surface area contributed by atoms with Crippen LogP contribution in [0.5, 0.6) is 0 Å². The van der Waals surface area contributed by atoms with Crippen molar-refractivity contribution in [2.45, 2.75) is 12.8 Å². The topological polar surface area (TPSA) is 83.7 Å². The van der Waals surface area contributed by atoms with Gasteiger partial charge < -0.3 is 9.73 Å². The van der Waals surface area contributed by atoms with E-state index in [9.17, 15) is 9.59 Å². The molecule has 0 aliphatic carbocycles. The highest BCUT2D eigenvalue weighted by Crippen LogP contribution is 2.23. The molecule has 2 amide bonds. The molecule has 0 bridgehead atoms. The molecule has 0 fully saturated rings. The van der Waals surface area contributed by atoms with Gasteiger partial charge in [0.05, 0.1) is 12.5 Å². The summed E-state index contributed by atoms with van der Waals surface area (Å²) in [5, 5.41) is 8.62. The summed E-state index contributed by atoms with van der Waals surface area (Å²) in [5.41, 5.74) is 3.10. The summed E-state index contributed by atoms with van der Waals surface area (Å²) >= 11 is 0. The SMILES string of the molecule is O=C(CCC(=O)Nc1cccc2ccccc12)N/N=C\c1ccco1. The van der Waals surface area contributed by atoms with Crippen molar-refractivity contribution in [3.05, 3.63) is 66.6 Å². The van der Waals surface area contributed by atoms with Crippen LogP contribution in [0.15, 0.2) is 70.4 Å². The first-order valence-electron chi connectivity index (χ1n) is 7.85. The Morgan fingerprint density at radius 1 is 0.960 bits per heavy atom. The van der Waals surface area contributed by atoms with E-state index in [1.165, 1.54) is 12.5 Å². The molecule has 2 N–H and O–H groups in total. The summed E-state index contributed by atoms with van der Waals surface area (Å²) in [6.07, 6.45) is 3.03. The van der Waals surface area contributed by atoms with Crippen LogP contribution < -0.4 is 10.7 Å². The Bertz CT molecular complexity index is 896. The largest absolute Gasteiger partial charge is 0.463 e. The molecule has 0 atom stereocenters. The molecule has 0 aliphatic heterocycles. The van der Waals surface area contributed by atoms with Crippen molar-refractivity contribution < 1.29 is 14.0 Å². The average molecular weight is 335 g/mol. The van der Waals surface area contributed by atoms with Gasteiger partial charge in [0.1, 0.15) is 5.76 Å². The van der Waals surface area contributed by atoms with Gasteiger partial charge in [0, 0.05) is 23.9 Å². The summed E-state index contributed by atoms with van der Waals surface area (Å²) in [6.45, 7) is 0. The van der Waals surface area contributed by atoms with E-state index in [1.807, 2.05) is 42.5 Å². The van der Waals surface area contributed by atoms with E-state index < -0.39 is 0 Å². The van der Waals surface area contributed by atoms with Crippen molar-refractivity contribution >= 4 is 34.5 Å². The molecule has 25 heavy (non-hydrogen) atoms. The van der Waals surface area contributed by atoms with Gasteiger partial charge in [0.25, 0.3) is 0 Å². The minimum Gasteiger partial charge on any atom is -0.463 e. The van der Waals surface area contributed by atoms with Crippen LogP contribution in [0.25, 0.3) is 10.8 Å². The van der Waals surface area contributed by atoms with E-state index in [2.05, 4.69) is 15.8 Å². The van der Waals surface area contributed by atoms with Crippen molar-refractivity contribution in [2.24, 2.45) is 5.10 Å². The Morgan fingerprint density at radius 3 is 2.60 bits per heavy atom. The van der Waals surface area contributed by atoms with Crippen LogP contribution in [0, 0.1) is 0 Å². The zero-order chi connectivity index (χ0) is 17.5. The fraction of sp³-hybridized carbons (Fsp3) is 0.105. The van der Waals surface area contributed by atoms with Crippen LogP contribution in [0.4, 0.5) is 5.69 Å². The second-order valence-corrected chi connectivity index (χ2v) is 5.38. The van der Waals surface area contributed by atoms with Gasteiger partial charge >= 0.3 is 0 Å². The summed E-state index contributed by atoms with van der Waals surface area (Å²) in [4.78, 5) is 23.8. The van der Waals surface area contributed by atoms with Gasteiger partial charge in [-0.1, -0.05) is 36.4 Å². The van der Waals surface area contributed by atoms with Crippen LogP contribution in [-0.2, 0) is 9.59 Å². The molecule has 3 rings (SSSR count). The van der Waals surface area contributed by atoms with Crippen molar-refractivity contribution in [3.8, 4) is 0 Å². The average Bonchev–Trinajstić information content (AvgIpc) is 3.14. The maximum Gasteiger partial charge on any atom is 0.240 e. The van der Waals surface area contributed by atoms with E-state index in [0.29, 0.717) is 5.76 Å². The Kier molecular flexibility index (Phi) is 5.21. The fourth-order valence-corrected chi connectivity index (χ4v) is 2.36. The first-order chi connectivity index (χ1) is 12.2. The number of nitrogens with zero attached hydrogens (tertiary/aromatic N) is 1. The molecule has 6 nitrogen and oxygen atoms in total. The van der Waals surface area contributed by atoms with E-state index in [1.54, 1.807) is 12.1 Å². The number of benzene rings is 2. The second kappa shape index (κ2) is 7.92. The fourth-order valence-electron chi connectivity index (χ4n) is 2.36. The number of furan rings is 1. The minimum absolute atomic E-state index is 0.0477. The van der Waals surface area contributed by atoms with Gasteiger partial charge in [-0.2, -0.15) is 5.10 Å². The van der Waals surface area contributed by atoms with Crippen LogP contribution in [0.3, 0.4) is 0 Å². The number of hydrazone groups is 1. The van der Waals surface area contributed by atoms with E-state index >= 15 is 0 Å². The van der Waals surface area contributed by atoms with E-state index in [-0.39, 0.29) is 24.7 Å². The quantitative estimate of drug-likeness (QED) is 0.535. The van der Waals surface area contributed by atoms with Gasteiger partial charge in [0.15, 0.2) is 0 Å². The number of fused-ring (bicyclic) bond motifs is 1. The second-order valence-electron chi connectivity index (χ2n) is 5.38. The number of amides is 2. The van der Waals surface area contributed by atoms with Crippen molar-refractivity contribution in [1.29, 1.82) is 0 Å². The van der Waals surface area contributed by atoms with Crippen LogP contribution >= 0.6 is 0 Å². The number of nitrogens with one attached hydrogen (secondary N) is 2. The predicted molar refractivity (Wildman–Crippen MR) is 96.3 cm³/mol. The van der Waals surface area contributed by atoms with Crippen molar-refractivity contribution in [3.63, 3.8) is 0 Å². The number of rotatable bonds is 6. The molecule has 0 saturated heterocycles. The first-order valence-corrected chi connectivity index (χ1v) is 7.85. The van der Waals surface area contributed by atoms with Gasteiger partial charge in [-0.3, -0.25) is 9.59 Å². The molecule has 0 aliphatic rings. The minimum atomic E-state index is -0.337. The molecular formula is C19H17N3O3. The molecule has 1 aromatic heterocycles. The predicted octanol–water partition coefficient (Wildman–Crippen LogP) is 3.30. The highest BCUT2D eigenvalue weighted by Gasteiger charge is 2.08. The number of carbonyl (C=O) groups excluding carboxylic acids is 2. The highest BCUT2D eigenvalue weighted by molar-refractivity contribution is 6.02. The smallest absolute Gasteiger partial charge is 0.240 e. The summed E-state index contributed by atoms with van der Waals surface area (Å²) in [7, 11) is 0. The van der Waals surface area contributed by atoms with E-state index in [4.69, 9.17) is 4.42 Å². The van der Waals surface area contributed by atoms with Crippen molar-refractivity contribution in [1.82, 2.24) is 5.43 Å². The number of hydrogen-bond donors (Lipinski definition) is 2. The first kappa shape index (κ1) is 16.4. The highest BCUT2D eigenvalue weighted by atomic mass is 16.3. The Morgan fingerprint density at radius 2 is 1.76 bits per heavy atom. The third-order valence-corrected chi connectivity index (χ3v) is 3.57. The Labute approximate surface area is 144 Å². The standard InChI is InChI=1S/C19H17N3O3/c23-18(10-11-19(24)22-20-13-15-7-4-12-25-15)21-17-9-3-6-14-5-1-2-8-16(14)17/h1-9,12-13H,10-11H2,(H,21,23)(H,22,24)/b20-13-. The Hall–Kier alpha value is -3.41. The zero-order valence-corrected chi connectivity index (χ0v) is 13.4. The normalized spacial score (nSPS) is 10.9. The van der Waals surface area contributed by atoms with E-state index in [0.717, 1.165) is 16.5 Å². The third-order valence-electron chi connectivity index (χ3n) is 3.57.